The van der Waals surface area contributed by atoms with Gasteiger partial charge < -0.3 is 14.7 Å². The van der Waals surface area contributed by atoms with Gasteiger partial charge in [-0.05, 0) is 13.3 Å². The van der Waals surface area contributed by atoms with Crippen LogP contribution in [0.5, 0.6) is 0 Å². The van der Waals surface area contributed by atoms with Crippen LogP contribution in [0.2, 0.25) is 0 Å². The first kappa shape index (κ1) is 13.4. The van der Waals surface area contributed by atoms with Gasteiger partial charge in [0.05, 0.1) is 6.10 Å². The average molecular weight is 203 g/mol. The number of β-amino-alcohol motifs (C(OH)–C–C–N with tert-alkyl or cyclic N) is 1. The minimum absolute atomic E-state index is 0.0200. The number of hydrogen-bond donors (Lipinski definition) is 1. The predicted octanol–water partition coefficient (Wildman–Crippen LogP) is 0.642. The van der Waals surface area contributed by atoms with Gasteiger partial charge in [-0.2, -0.15) is 0 Å². The summed E-state index contributed by atoms with van der Waals surface area (Å²) >= 11 is 0. The largest absolute Gasteiger partial charge is 0.391 e. The Morgan fingerprint density at radius 1 is 1.57 bits per heavy atom. The molecule has 4 heteroatoms. The van der Waals surface area contributed by atoms with E-state index in [4.69, 9.17) is 9.84 Å². The van der Waals surface area contributed by atoms with Gasteiger partial charge in [-0.3, -0.25) is 4.79 Å². The lowest BCUT2D eigenvalue weighted by molar-refractivity contribution is -0.135. The molecule has 0 bridgehead atoms. The molecule has 1 fully saturated rings. The van der Waals surface area contributed by atoms with E-state index in [1.54, 1.807) is 4.90 Å². The first-order chi connectivity index (χ1) is 6.74. The van der Waals surface area contributed by atoms with E-state index < -0.39 is 0 Å². The van der Waals surface area contributed by atoms with Crippen molar-refractivity contribution in [2.75, 3.05) is 26.3 Å². The van der Waals surface area contributed by atoms with E-state index in [1.165, 1.54) is 0 Å². The second-order valence-electron chi connectivity index (χ2n) is 2.92. The molecule has 0 aromatic heterocycles. The number of carbonyl (C=O) groups is 1. The van der Waals surface area contributed by atoms with Gasteiger partial charge in [0.2, 0.25) is 5.91 Å². The van der Waals surface area contributed by atoms with Gasteiger partial charge in [-0.15, -0.1) is 0 Å². The molecular weight excluding hydrogens is 182 g/mol. The molecule has 1 aliphatic heterocycles. The van der Waals surface area contributed by atoms with Crippen molar-refractivity contribution in [3.63, 3.8) is 0 Å². The van der Waals surface area contributed by atoms with Crippen LogP contribution in [0.4, 0.5) is 0 Å². The van der Waals surface area contributed by atoms with Crippen molar-refractivity contribution in [3.8, 4) is 0 Å². The Bertz CT molecular complexity index is 161. The number of nitrogens with zero attached hydrogens (tertiary/aromatic N) is 1. The van der Waals surface area contributed by atoms with Crippen molar-refractivity contribution in [2.45, 2.75) is 33.3 Å². The topological polar surface area (TPSA) is 49.8 Å². The summed E-state index contributed by atoms with van der Waals surface area (Å²) in [4.78, 5) is 12.9. The van der Waals surface area contributed by atoms with E-state index in [1.807, 2.05) is 20.8 Å². The SMILES string of the molecule is CC.CCOCC(=O)N1CCC(O)C1. The fourth-order valence-corrected chi connectivity index (χ4v) is 1.25. The number of amides is 1. The Kier molecular flexibility index (Phi) is 7.42. The maximum absolute atomic E-state index is 11.2. The molecule has 0 aromatic rings. The lowest BCUT2D eigenvalue weighted by Crippen LogP contribution is -2.32. The molecule has 4 nitrogen and oxygen atoms in total. The highest BCUT2D eigenvalue weighted by molar-refractivity contribution is 5.77. The van der Waals surface area contributed by atoms with Crippen LogP contribution in [0.15, 0.2) is 0 Å². The molecule has 0 aliphatic carbocycles. The summed E-state index contributed by atoms with van der Waals surface area (Å²) in [7, 11) is 0. The van der Waals surface area contributed by atoms with E-state index in [9.17, 15) is 4.79 Å². The molecule has 1 rings (SSSR count). The van der Waals surface area contributed by atoms with E-state index in [-0.39, 0.29) is 18.6 Å². The fourth-order valence-electron chi connectivity index (χ4n) is 1.25. The number of likely N-dealkylation sites (tertiary alicyclic amines) is 1. The first-order valence-corrected chi connectivity index (χ1v) is 5.27. The van der Waals surface area contributed by atoms with Gasteiger partial charge >= 0.3 is 0 Å². The summed E-state index contributed by atoms with van der Waals surface area (Å²) < 4.78 is 4.97. The lowest BCUT2D eigenvalue weighted by Gasteiger charge is -2.14. The average Bonchev–Trinajstić information content (AvgIpc) is 2.64. The van der Waals surface area contributed by atoms with Crippen molar-refractivity contribution in [2.24, 2.45) is 0 Å². The summed E-state index contributed by atoms with van der Waals surface area (Å²) in [6, 6.07) is 0. The second-order valence-corrected chi connectivity index (χ2v) is 2.92. The van der Waals surface area contributed by atoms with Crippen molar-refractivity contribution in [1.82, 2.24) is 4.90 Å². The molecule has 0 saturated carbocycles. The smallest absolute Gasteiger partial charge is 0.248 e. The summed E-state index contributed by atoms with van der Waals surface area (Å²) in [6.45, 7) is 7.68. The summed E-state index contributed by atoms with van der Waals surface area (Å²) in [5.74, 6) is -0.0200. The minimum atomic E-state index is -0.337. The third-order valence-corrected chi connectivity index (χ3v) is 1.95. The van der Waals surface area contributed by atoms with Crippen LogP contribution >= 0.6 is 0 Å². The van der Waals surface area contributed by atoms with Gasteiger partial charge in [0, 0.05) is 19.7 Å². The molecule has 0 radical (unpaired) electrons. The summed E-state index contributed by atoms with van der Waals surface area (Å²) in [6.07, 6.45) is 0.355. The maximum atomic E-state index is 11.2. The van der Waals surface area contributed by atoms with E-state index in [2.05, 4.69) is 0 Å². The van der Waals surface area contributed by atoms with E-state index in [0.29, 0.717) is 26.1 Å². The van der Waals surface area contributed by atoms with Gasteiger partial charge in [0.15, 0.2) is 0 Å². The standard InChI is InChI=1S/C8H15NO3.C2H6/c1-2-12-6-8(11)9-4-3-7(10)5-9;1-2/h7,10H,2-6H2,1H3;1-2H3. The molecule has 14 heavy (non-hydrogen) atoms. The molecule has 1 N–H and O–H groups in total. The van der Waals surface area contributed by atoms with Gasteiger partial charge in [0.1, 0.15) is 6.61 Å². The number of hydrogen-bond acceptors (Lipinski definition) is 3. The number of ether oxygens (including phenoxy) is 1. The van der Waals surface area contributed by atoms with Crippen LogP contribution in [-0.2, 0) is 9.53 Å². The number of carbonyl (C=O) groups excluding carboxylic acids is 1. The number of aliphatic hydroxyl groups excluding tert-OH is 1. The lowest BCUT2D eigenvalue weighted by atomic mass is 10.3. The van der Waals surface area contributed by atoms with Crippen LogP contribution in [0.1, 0.15) is 27.2 Å². The van der Waals surface area contributed by atoms with Crippen molar-refractivity contribution >= 4 is 5.91 Å². The number of aliphatic hydroxyl groups is 1. The quantitative estimate of drug-likeness (QED) is 0.732. The van der Waals surface area contributed by atoms with Gasteiger partial charge in [-0.1, -0.05) is 13.8 Å². The van der Waals surface area contributed by atoms with E-state index in [0.717, 1.165) is 0 Å². The maximum Gasteiger partial charge on any atom is 0.248 e. The highest BCUT2D eigenvalue weighted by Crippen LogP contribution is 2.08. The van der Waals surface area contributed by atoms with Gasteiger partial charge in [0.25, 0.3) is 0 Å². The third-order valence-electron chi connectivity index (χ3n) is 1.95. The zero-order valence-electron chi connectivity index (χ0n) is 9.32. The Hall–Kier alpha value is -0.610. The van der Waals surface area contributed by atoms with Crippen LogP contribution in [0, 0.1) is 0 Å². The molecule has 84 valence electrons. The van der Waals surface area contributed by atoms with E-state index >= 15 is 0 Å². The number of rotatable bonds is 3. The molecule has 1 saturated heterocycles. The molecule has 0 spiro atoms. The molecule has 1 atom stereocenters. The Morgan fingerprint density at radius 2 is 2.21 bits per heavy atom. The minimum Gasteiger partial charge on any atom is -0.391 e. The Morgan fingerprint density at radius 3 is 2.64 bits per heavy atom. The molecule has 1 heterocycles. The highest BCUT2D eigenvalue weighted by atomic mass is 16.5. The Balaban J connectivity index is 0.000000791. The molecule has 0 aromatic carbocycles. The zero-order chi connectivity index (χ0) is 11.0. The van der Waals surface area contributed by atoms with Crippen molar-refractivity contribution in [3.05, 3.63) is 0 Å². The predicted molar refractivity (Wildman–Crippen MR) is 55.0 cm³/mol. The van der Waals surface area contributed by atoms with Crippen molar-refractivity contribution in [1.29, 1.82) is 0 Å². The fraction of sp³-hybridized carbons (Fsp3) is 0.900. The molecule has 1 aliphatic rings. The molecule has 1 unspecified atom stereocenters. The first-order valence-electron chi connectivity index (χ1n) is 5.27. The summed E-state index contributed by atoms with van der Waals surface area (Å²) in [5.41, 5.74) is 0. The summed E-state index contributed by atoms with van der Waals surface area (Å²) in [5, 5.41) is 9.14. The van der Waals surface area contributed by atoms with Crippen LogP contribution in [-0.4, -0.2) is 48.3 Å². The monoisotopic (exact) mass is 203 g/mol. The third kappa shape index (κ3) is 4.58. The van der Waals surface area contributed by atoms with Crippen LogP contribution in [0.3, 0.4) is 0 Å². The molecular formula is C10H21NO3. The molecule has 1 amide bonds. The zero-order valence-corrected chi connectivity index (χ0v) is 9.32. The normalized spacial score (nSPS) is 20.3. The van der Waals surface area contributed by atoms with Crippen molar-refractivity contribution < 1.29 is 14.6 Å². The highest BCUT2D eigenvalue weighted by Gasteiger charge is 2.23. The van der Waals surface area contributed by atoms with Crippen LogP contribution < -0.4 is 0 Å². The van der Waals surface area contributed by atoms with Gasteiger partial charge in [-0.25, -0.2) is 0 Å². The second kappa shape index (κ2) is 7.76. The van der Waals surface area contributed by atoms with Crippen LogP contribution in [0.25, 0.3) is 0 Å². The Labute approximate surface area is 85.9 Å².